The molecule has 0 atom stereocenters. The fourth-order valence-corrected chi connectivity index (χ4v) is 10.3. The van der Waals surface area contributed by atoms with E-state index in [-0.39, 0.29) is 0 Å². The minimum absolute atomic E-state index is 0.825. The maximum Gasteiger partial charge on any atom is 0.168 e. The molecular weight excluding hydrogens is 793 g/mol. The Morgan fingerprint density at radius 1 is 0.308 bits per heavy atom. The second-order valence-electron chi connectivity index (χ2n) is 17.0. The lowest BCUT2D eigenvalue weighted by Gasteiger charge is -2.13. The quantitative estimate of drug-likeness (QED) is 0.145. The van der Waals surface area contributed by atoms with Gasteiger partial charge in [0, 0.05) is 78.1 Å². The highest BCUT2D eigenvalue weighted by atomic mass is 15.3. The largest absolute Gasteiger partial charge is 0.340 e. The van der Waals surface area contributed by atoms with Crippen LogP contribution in [0.1, 0.15) is 12.0 Å². The second-order valence-corrected chi connectivity index (χ2v) is 17.0. The molecule has 0 radical (unpaired) electrons. The van der Waals surface area contributed by atoms with Crippen molar-refractivity contribution in [3.8, 4) is 39.8 Å². The molecular formula is C59H42N6. The van der Waals surface area contributed by atoms with Crippen molar-refractivity contribution in [2.45, 2.75) is 19.4 Å². The Kier molecular flexibility index (Phi) is 8.62. The second kappa shape index (κ2) is 15.1. The summed E-state index contributed by atoms with van der Waals surface area (Å²) in [6.45, 7) is 0.882. The Labute approximate surface area is 375 Å². The molecule has 0 aliphatic carbocycles. The zero-order valence-corrected chi connectivity index (χ0v) is 35.6. The molecule has 0 fully saturated rings. The molecule has 6 heteroatoms. The number of aromatic nitrogens is 6. The van der Waals surface area contributed by atoms with Crippen LogP contribution in [-0.2, 0) is 13.0 Å². The van der Waals surface area contributed by atoms with Crippen molar-refractivity contribution in [1.29, 1.82) is 0 Å². The first-order valence-corrected chi connectivity index (χ1v) is 22.5. The number of benzene rings is 9. The van der Waals surface area contributed by atoms with Crippen LogP contribution < -0.4 is 0 Å². The molecule has 0 bridgehead atoms. The van der Waals surface area contributed by atoms with Crippen molar-refractivity contribution in [2.75, 3.05) is 0 Å². The Morgan fingerprint density at radius 3 is 1.12 bits per heavy atom. The van der Waals surface area contributed by atoms with Crippen LogP contribution >= 0.6 is 0 Å². The standard InChI is InChI=1S/C59H42N6/c1-3-17-41(18-4-1)58-60-61-59(42-19-5-2-6-20-42)65(58)43-31-29-40(30-32-43)16-15-37-62-52-35-33-44(63-54-25-11-7-21-46(54)47-22-8-12-26-55(47)63)38-50(52)51-39-45(34-36-53(51)62)64-56-27-13-9-23-48(56)49-24-10-14-28-57(49)64/h1-14,17-36,38-39H,15-16,37H2. The summed E-state index contributed by atoms with van der Waals surface area (Å²) in [7, 11) is 0. The summed E-state index contributed by atoms with van der Waals surface area (Å²) in [5.74, 6) is 1.65. The summed E-state index contributed by atoms with van der Waals surface area (Å²) in [6.07, 6.45) is 1.93. The smallest absolute Gasteiger partial charge is 0.168 e. The van der Waals surface area contributed by atoms with Crippen molar-refractivity contribution in [2.24, 2.45) is 0 Å². The third kappa shape index (κ3) is 6.02. The van der Waals surface area contributed by atoms with Gasteiger partial charge in [-0.3, -0.25) is 4.57 Å². The number of fused-ring (bicyclic) bond motifs is 9. The number of aryl methyl sites for hydroxylation is 2. The average Bonchev–Trinajstić information content (AvgIpc) is 4.13. The van der Waals surface area contributed by atoms with Gasteiger partial charge in [-0.2, -0.15) is 0 Å². The molecule has 13 aromatic rings. The van der Waals surface area contributed by atoms with E-state index in [9.17, 15) is 0 Å². The molecule has 9 aromatic carbocycles. The molecule has 0 amide bonds. The van der Waals surface area contributed by atoms with Gasteiger partial charge in [0.25, 0.3) is 0 Å². The van der Waals surface area contributed by atoms with Crippen molar-refractivity contribution in [3.05, 3.63) is 224 Å². The van der Waals surface area contributed by atoms with Crippen molar-refractivity contribution < 1.29 is 0 Å². The topological polar surface area (TPSA) is 45.5 Å². The van der Waals surface area contributed by atoms with Gasteiger partial charge in [0.05, 0.1) is 22.1 Å². The van der Waals surface area contributed by atoms with Crippen molar-refractivity contribution >= 4 is 65.4 Å². The van der Waals surface area contributed by atoms with Crippen LogP contribution in [-0.4, -0.2) is 28.5 Å². The van der Waals surface area contributed by atoms with E-state index in [0.29, 0.717) is 0 Å². The van der Waals surface area contributed by atoms with E-state index in [1.807, 2.05) is 36.4 Å². The number of hydrogen-bond donors (Lipinski definition) is 0. The molecule has 0 N–H and O–H groups in total. The van der Waals surface area contributed by atoms with Crippen LogP contribution in [0.3, 0.4) is 0 Å². The summed E-state index contributed by atoms with van der Waals surface area (Å²) in [5.41, 5.74) is 14.1. The summed E-state index contributed by atoms with van der Waals surface area (Å²) < 4.78 is 9.58. The summed E-state index contributed by atoms with van der Waals surface area (Å²) in [5, 5.41) is 17.0. The first-order valence-electron chi connectivity index (χ1n) is 22.5. The molecule has 13 rings (SSSR count). The lowest BCUT2D eigenvalue weighted by molar-refractivity contribution is 0.678. The molecule has 0 saturated carbocycles. The normalized spacial score (nSPS) is 11.9. The molecule has 6 nitrogen and oxygen atoms in total. The Morgan fingerprint density at radius 2 is 0.692 bits per heavy atom. The van der Waals surface area contributed by atoms with Gasteiger partial charge < -0.3 is 13.7 Å². The molecule has 4 heterocycles. The zero-order valence-electron chi connectivity index (χ0n) is 35.6. The molecule has 0 unspecified atom stereocenters. The Hall–Kier alpha value is -8.48. The number of para-hydroxylation sites is 4. The van der Waals surface area contributed by atoms with Crippen LogP contribution in [0, 0.1) is 0 Å². The molecule has 0 spiro atoms. The van der Waals surface area contributed by atoms with E-state index in [2.05, 4.69) is 210 Å². The van der Waals surface area contributed by atoms with E-state index in [4.69, 9.17) is 0 Å². The lowest BCUT2D eigenvalue weighted by Crippen LogP contribution is -2.02. The predicted octanol–water partition coefficient (Wildman–Crippen LogP) is 14.5. The molecule has 308 valence electrons. The van der Waals surface area contributed by atoms with Gasteiger partial charge in [-0.15, -0.1) is 10.2 Å². The molecule has 4 aromatic heterocycles. The highest BCUT2D eigenvalue weighted by molar-refractivity contribution is 6.13. The fraction of sp³-hybridized carbons (Fsp3) is 0.0508. The summed E-state index contributed by atoms with van der Waals surface area (Å²) in [4.78, 5) is 0. The van der Waals surface area contributed by atoms with E-state index < -0.39 is 0 Å². The van der Waals surface area contributed by atoms with Crippen LogP contribution in [0.25, 0.3) is 105 Å². The van der Waals surface area contributed by atoms with E-state index in [1.165, 1.54) is 71.0 Å². The maximum absolute atomic E-state index is 4.69. The predicted molar refractivity (Wildman–Crippen MR) is 269 cm³/mol. The summed E-state index contributed by atoms with van der Waals surface area (Å²) >= 11 is 0. The van der Waals surface area contributed by atoms with Gasteiger partial charge in [-0.25, -0.2) is 0 Å². The van der Waals surface area contributed by atoms with E-state index >= 15 is 0 Å². The van der Waals surface area contributed by atoms with Crippen LogP contribution in [0.4, 0.5) is 0 Å². The molecule has 65 heavy (non-hydrogen) atoms. The monoisotopic (exact) mass is 834 g/mol. The highest BCUT2D eigenvalue weighted by Gasteiger charge is 2.20. The Bertz CT molecular complexity index is 3570. The van der Waals surface area contributed by atoms with Gasteiger partial charge in [-0.1, -0.05) is 146 Å². The summed E-state index contributed by atoms with van der Waals surface area (Å²) in [6, 6.07) is 78.8. The minimum atomic E-state index is 0.825. The Balaban J connectivity index is 0.895. The van der Waals surface area contributed by atoms with Gasteiger partial charge in [0.15, 0.2) is 11.6 Å². The number of rotatable bonds is 9. The molecule has 0 saturated heterocycles. The van der Waals surface area contributed by atoms with Crippen LogP contribution in [0.15, 0.2) is 218 Å². The van der Waals surface area contributed by atoms with E-state index in [0.717, 1.165) is 59.2 Å². The van der Waals surface area contributed by atoms with Gasteiger partial charge in [-0.05, 0) is 91.2 Å². The number of nitrogens with zero attached hydrogens (tertiary/aromatic N) is 6. The number of hydrogen-bond acceptors (Lipinski definition) is 2. The highest BCUT2D eigenvalue weighted by Crippen LogP contribution is 2.39. The SMILES string of the molecule is c1ccc(-c2nnc(-c3ccccc3)n2-c2ccc(CCCn3c4ccc(-n5c6ccccc6c6ccccc65)cc4c4cc(-n5c6ccccc6c6ccccc65)ccc43)cc2)cc1. The van der Waals surface area contributed by atoms with Gasteiger partial charge in [0.1, 0.15) is 0 Å². The van der Waals surface area contributed by atoms with Crippen molar-refractivity contribution in [1.82, 2.24) is 28.5 Å². The lowest BCUT2D eigenvalue weighted by atomic mass is 10.1. The van der Waals surface area contributed by atoms with Gasteiger partial charge >= 0.3 is 0 Å². The molecule has 0 aliphatic rings. The first kappa shape index (κ1) is 37.1. The van der Waals surface area contributed by atoms with Crippen LogP contribution in [0.2, 0.25) is 0 Å². The average molecular weight is 835 g/mol. The first-order chi connectivity index (χ1) is 32.3. The van der Waals surface area contributed by atoms with Crippen molar-refractivity contribution in [3.63, 3.8) is 0 Å². The van der Waals surface area contributed by atoms with Gasteiger partial charge in [0.2, 0.25) is 0 Å². The third-order valence-electron chi connectivity index (χ3n) is 13.3. The molecule has 0 aliphatic heterocycles. The minimum Gasteiger partial charge on any atom is -0.340 e. The maximum atomic E-state index is 4.69. The van der Waals surface area contributed by atoms with E-state index in [1.54, 1.807) is 0 Å². The fourth-order valence-electron chi connectivity index (χ4n) is 10.3. The van der Waals surface area contributed by atoms with Crippen LogP contribution in [0.5, 0.6) is 0 Å². The third-order valence-corrected chi connectivity index (χ3v) is 13.3. The zero-order chi connectivity index (χ0) is 42.8.